The molecule has 0 aromatic heterocycles. The molecule has 1 N–H and O–H groups in total. The van der Waals surface area contributed by atoms with Crippen LogP contribution in [0.3, 0.4) is 0 Å². The fraction of sp³-hybridized carbons (Fsp3) is 0.333. The minimum Gasteiger partial charge on any atom is -0.312 e. The highest BCUT2D eigenvalue weighted by Gasteiger charge is 2.01. The number of alkyl halides is 1. The molecule has 1 aromatic rings. The standard InChI is InChI=1S/C9H10ClFIN/c10-8-1-2-9(11)7(5-8)6-13-4-3-12/h1-2,5,13H,3-4,6H2. The van der Waals surface area contributed by atoms with Gasteiger partial charge < -0.3 is 5.32 Å². The van der Waals surface area contributed by atoms with Crippen molar-refractivity contribution in [1.82, 2.24) is 5.32 Å². The molecule has 0 spiro atoms. The molecule has 0 saturated heterocycles. The van der Waals surface area contributed by atoms with E-state index >= 15 is 0 Å². The molecule has 0 radical (unpaired) electrons. The zero-order valence-electron chi connectivity index (χ0n) is 6.99. The Balaban J connectivity index is 2.59. The number of hydrogen-bond acceptors (Lipinski definition) is 1. The van der Waals surface area contributed by atoms with Gasteiger partial charge in [-0.15, -0.1) is 0 Å². The first kappa shape index (κ1) is 11.2. The summed E-state index contributed by atoms with van der Waals surface area (Å²) in [5, 5.41) is 3.69. The van der Waals surface area contributed by atoms with Crippen LogP contribution in [0.5, 0.6) is 0 Å². The molecule has 0 aliphatic carbocycles. The van der Waals surface area contributed by atoms with Gasteiger partial charge in [0.05, 0.1) is 0 Å². The highest BCUT2D eigenvalue weighted by molar-refractivity contribution is 14.1. The van der Waals surface area contributed by atoms with Gasteiger partial charge in [-0.3, -0.25) is 0 Å². The van der Waals surface area contributed by atoms with E-state index in [1.165, 1.54) is 6.07 Å². The summed E-state index contributed by atoms with van der Waals surface area (Å²) in [5.41, 5.74) is 0.623. The number of halogens is 3. The van der Waals surface area contributed by atoms with Crippen molar-refractivity contribution in [2.75, 3.05) is 11.0 Å². The number of nitrogens with one attached hydrogen (secondary N) is 1. The Morgan fingerprint density at radius 3 is 2.92 bits per heavy atom. The van der Waals surface area contributed by atoms with Gasteiger partial charge in [0.25, 0.3) is 0 Å². The van der Waals surface area contributed by atoms with Crippen LogP contribution < -0.4 is 5.32 Å². The summed E-state index contributed by atoms with van der Waals surface area (Å²) in [6, 6.07) is 4.60. The maximum atomic E-state index is 13.1. The number of benzene rings is 1. The van der Waals surface area contributed by atoms with Crippen molar-refractivity contribution in [2.45, 2.75) is 6.54 Å². The van der Waals surface area contributed by atoms with Crippen LogP contribution in [0.25, 0.3) is 0 Å². The second-order valence-electron chi connectivity index (χ2n) is 2.60. The summed E-state index contributed by atoms with van der Waals surface area (Å²) in [5.74, 6) is -0.203. The molecule has 1 nitrogen and oxygen atoms in total. The third kappa shape index (κ3) is 3.79. The summed E-state index contributed by atoms with van der Waals surface area (Å²) < 4.78 is 14.1. The predicted molar refractivity (Wildman–Crippen MR) is 62.0 cm³/mol. The number of hydrogen-bond donors (Lipinski definition) is 1. The van der Waals surface area contributed by atoms with Crippen LogP contribution in [-0.4, -0.2) is 11.0 Å². The summed E-state index contributed by atoms with van der Waals surface area (Å²) in [6.07, 6.45) is 0. The van der Waals surface area contributed by atoms with Gasteiger partial charge in [0.2, 0.25) is 0 Å². The van der Waals surface area contributed by atoms with Crippen LogP contribution in [0.4, 0.5) is 4.39 Å². The molecule has 0 aliphatic heterocycles. The Hall–Kier alpha value is 0.130. The van der Waals surface area contributed by atoms with Gasteiger partial charge in [-0.25, -0.2) is 4.39 Å². The highest BCUT2D eigenvalue weighted by atomic mass is 127. The largest absolute Gasteiger partial charge is 0.312 e. The van der Waals surface area contributed by atoms with Crippen molar-refractivity contribution >= 4 is 34.2 Å². The van der Waals surface area contributed by atoms with Gasteiger partial charge in [0.1, 0.15) is 5.82 Å². The van der Waals surface area contributed by atoms with Gasteiger partial charge >= 0.3 is 0 Å². The lowest BCUT2D eigenvalue weighted by molar-refractivity contribution is 0.594. The maximum Gasteiger partial charge on any atom is 0.127 e. The van der Waals surface area contributed by atoms with Crippen LogP contribution in [0.15, 0.2) is 18.2 Å². The Morgan fingerprint density at radius 2 is 2.23 bits per heavy atom. The lowest BCUT2D eigenvalue weighted by Crippen LogP contribution is -2.16. The Labute approximate surface area is 95.8 Å². The molecule has 0 fully saturated rings. The third-order valence-electron chi connectivity index (χ3n) is 1.59. The van der Waals surface area contributed by atoms with E-state index in [0.29, 0.717) is 17.1 Å². The molecule has 0 amide bonds. The lowest BCUT2D eigenvalue weighted by Gasteiger charge is -2.04. The van der Waals surface area contributed by atoms with E-state index in [-0.39, 0.29) is 5.82 Å². The first-order chi connectivity index (χ1) is 6.24. The van der Waals surface area contributed by atoms with E-state index in [1.807, 2.05) is 0 Å². The zero-order valence-corrected chi connectivity index (χ0v) is 9.90. The van der Waals surface area contributed by atoms with Crippen LogP contribution in [0.1, 0.15) is 5.56 Å². The molecule has 0 saturated carbocycles. The number of rotatable bonds is 4. The summed E-state index contributed by atoms with van der Waals surface area (Å²) in [6.45, 7) is 1.42. The average molecular weight is 314 g/mol. The second kappa shape index (κ2) is 5.78. The van der Waals surface area contributed by atoms with Crippen LogP contribution in [0.2, 0.25) is 5.02 Å². The monoisotopic (exact) mass is 313 g/mol. The maximum absolute atomic E-state index is 13.1. The molecule has 0 aliphatic rings. The van der Waals surface area contributed by atoms with E-state index in [0.717, 1.165) is 11.0 Å². The fourth-order valence-corrected chi connectivity index (χ4v) is 1.54. The first-order valence-corrected chi connectivity index (χ1v) is 5.85. The van der Waals surface area contributed by atoms with Crippen LogP contribution in [0, 0.1) is 5.82 Å². The molecule has 1 rings (SSSR count). The van der Waals surface area contributed by atoms with Crippen LogP contribution >= 0.6 is 34.2 Å². The van der Waals surface area contributed by atoms with Crippen molar-refractivity contribution in [2.24, 2.45) is 0 Å². The third-order valence-corrected chi connectivity index (χ3v) is 2.37. The van der Waals surface area contributed by atoms with Crippen molar-refractivity contribution in [1.29, 1.82) is 0 Å². The van der Waals surface area contributed by atoms with Crippen molar-refractivity contribution in [3.8, 4) is 0 Å². The van der Waals surface area contributed by atoms with E-state index in [4.69, 9.17) is 11.6 Å². The molecule has 0 unspecified atom stereocenters. The minimum absolute atomic E-state index is 0.203. The van der Waals surface area contributed by atoms with Crippen molar-refractivity contribution in [3.05, 3.63) is 34.6 Å². The minimum atomic E-state index is -0.203. The summed E-state index contributed by atoms with van der Waals surface area (Å²) in [4.78, 5) is 0. The van der Waals surface area contributed by atoms with Crippen molar-refractivity contribution < 1.29 is 4.39 Å². The molecule has 72 valence electrons. The first-order valence-electron chi connectivity index (χ1n) is 3.94. The quantitative estimate of drug-likeness (QED) is 0.512. The van der Waals surface area contributed by atoms with E-state index < -0.39 is 0 Å². The smallest absolute Gasteiger partial charge is 0.127 e. The lowest BCUT2D eigenvalue weighted by atomic mass is 10.2. The molecule has 13 heavy (non-hydrogen) atoms. The van der Waals surface area contributed by atoms with Gasteiger partial charge in [-0.1, -0.05) is 34.2 Å². The highest BCUT2D eigenvalue weighted by Crippen LogP contribution is 2.14. The molecular formula is C9H10ClFIN. The summed E-state index contributed by atoms with van der Waals surface area (Å²) in [7, 11) is 0. The molecule has 4 heteroatoms. The Bertz CT molecular complexity index is 280. The van der Waals surface area contributed by atoms with Gasteiger partial charge in [-0.2, -0.15) is 0 Å². The van der Waals surface area contributed by atoms with E-state index in [1.54, 1.807) is 12.1 Å². The average Bonchev–Trinajstić information content (AvgIpc) is 2.11. The topological polar surface area (TPSA) is 12.0 Å². The van der Waals surface area contributed by atoms with Gasteiger partial charge in [-0.05, 0) is 18.2 Å². The van der Waals surface area contributed by atoms with Gasteiger partial charge in [0.15, 0.2) is 0 Å². The normalized spacial score (nSPS) is 10.4. The van der Waals surface area contributed by atoms with E-state index in [9.17, 15) is 4.39 Å². The van der Waals surface area contributed by atoms with Crippen molar-refractivity contribution in [3.63, 3.8) is 0 Å². The fourth-order valence-electron chi connectivity index (χ4n) is 0.969. The predicted octanol–water partition coefficient (Wildman–Crippen LogP) is 3.00. The molecule has 1 aromatic carbocycles. The van der Waals surface area contributed by atoms with Crippen LogP contribution in [-0.2, 0) is 6.54 Å². The molecule has 0 atom stereocenters. The van der Waals surface area contributed by atoms with E-state index in [2.05, 4.69) is 27.9 Å². The Morgan fingerprint density at radius 1 is 1.46 bits per heavy atom. The molecule has 0 heterocycles. The SMILES string of the molecule is Fc1ccc(Cl)cc1CNCCI. The van der Waals surface area contributed by atoms with Gasteiger partial charge in [0, 0.05) is 28.1 Å². The molecular weight excluding hydrogens is 303 g/mol. The Kier molecular flexibility index (Phi) is 4.98. The summed E-state index contributed by atoms with van der Waals surface area (Å²) >= 11 is 8.00. The second-order valence-corrected chi connectivity index (χ2v) is 4.12. The molecule has 0 bridgehead atoms. The zero-order chi connectivity index (χ0) is 9.68.